The molecule has 156 valence electrons. The highest BCUT2D eigenvalue weighted by Crippen LogP contribution is 2.37. The molecule has 30 heavy (non-hydrogen) atoms. The number of carbonyl (C=O) groups is 4. The van der Waals surface area contributed by atoms with Crippen LogP contribution in [0, 0.1) is 0 Å². The number of carbonyl (C=O) groups excluding carboxylic acids is 3. The second-order valence-corrected chi connectivity index (χ2v) is 8.01. The first kappa shape index (κ1) is 21.5. The SMILES string of the molecule is CCc1cccc2c1C(=O)N(OC(C)(Sc1ccc(C(=O)OC)cc1)C(=O)O)C2=O. The molecule has 2 amide bonds. The number of amides is 2. The van der Waals surface area contributed by atoms with Crippen LogP contribution in [0.25, 0.3) is 0 Å². The summed E-state index contributed by atoms with van der Waals surface area (Å²) in [4.78, 5) is 53.0. The highest BCUT2D eigenvalue weighted by atomic mass is 32.2. The third-order valence-electron chi connectivity index (χ3n) is 4.59. The molecule has 1 atom stereocenters. The first-order chi connectivity index (χ1) is 14.2. The molecule has 1 aliphatic heterocycles. The summed E-state index contributed by atoms with van der Waals surface area (Å²) in [5.74, 6) is -3.31. The van der Waals surface area contributed by atoms with Crippen molar-refractivity contribution in [3.63, 3.8) is 0 Å². The number of aryl methyl sites for hydroxylation is 1. The maximum atomic E-state index is 12.8. The van der Waals surface area contributed by atoms with Gasteiger partial charge in [-0.2, -0.15) is 0 Å². The van der Waals surface area contributed by atoms with Gasteiger partial charge in [-0.25, -0.2) is 14.4 Å². The van der Waals surface area contributed by atoms with Crippen molar-refractivity contribution in [2.75, 3.05) is 7.11 Å². The van der Waals surface area contributed by atoms with Crippen LogP contribution in [0.4, 0.5) is 0 Å². The largest absolute Gasteiger partial charge is 0.478 e. The molecular weight excluding hydrogens is 410 g/mol. The average molecular weight is 429 g/mol. The second kappa shape index (κ2) is 8.29. The number of hydroxylamine groups is 2. The minimum absolute atomic E-state index is 0.180. The molecule has 0 aromatic heterocycles. The summed E-state index contributed by atoms with van der Waals surface area (Å²) in [6.45, 7) is 3.10. The third-order valence-corrected chi connectivity index (χ3v) is 5.73. The van der Waals surface area contributed by atoms with Gasteiger partial charge in [0.05, 0.1) is 23.8 Å². The number of thioether (sulfide) groups is 1. The number of hydrogen-bond acceptors (Lipinski definition) is 7. The van der Waals surface area contributed by atoms with Crippen LogP contribution in [0.15, 0.2) is 47.4 Å². The summed E-state index contributed by atoms with van der Waals surface area (Å²) in [6.07, 6.45) is 0.535. The molecule has 0 saturated carbocycles. The molecule has 0 fully saturated rings. The third kappa shape index (κ3) is 3.81. The lowest BCUT2D eigenvalue weighted by molar-refractivity contribution is -0.179. The van der Waals surface area contributed by atoms with E-state index in [0.29, 0.717) is 27.5 Å². The Kier molecular flexibility index (Phi) is 5.95. The van der Waals surface area contributed by atoms with E-state index in [1.54, 1.807) is 12.1 Å². The van der Waals surface area contributed by atoms with E-state index < -0.39 is 28.7 Å². The molecule has 2 aromatic carbocycles. The minimum atomic E-state index is -1.98. The lowest BCUT2D eigenvalue weighted by atomic mass is 10.0. The van der Waals surface area contributed by atoms with Crippen LogP contribution in [-0.2, 0) is 20.8 Å². The molecule has 1 aliphatic rings. The summed E-state index contributed by atoms with van der Waals surface area (Å²) in [5, 5.41) is 10.3. The molecule has 1 heterocycles. The fraction of sp³-hybridized carbons (Fsp3) is 0.238. The molecule has 2 aromatic rings. The van der Waals surface area contributed by atoms with E-state index >= 15 is 0 Å². The van der Waals surface area contributed by atoms with E-state index in [-0.39, 0.29) is 11.1 Å². The van der Waals surface area contributed by atoms with Gasteiger partial charge in [0.25, 0.3) is 11.8 Å². The molecule has 9 heteroatoms. The Hall–Kier alpha value is -3.17. The maximum absolute atomic E-state index is 12.8. The highest BCUT2D eigenvalue weighted by Gasteiger charge is 2.46. The summed E-state index contributed by atoms with van der Waals surface area (Å²) in [5.41, 5.74) is 1.39. The summed E-state index contributed by atoms with van der Waals surface area (Å²) in [7, 11) is 1.26. The van der Waals surface area contributed by atoms with E-state index in [2.05, 4.69) is 4.74 Å². The Balaban J connectivity index is 1.87. The van der Waals surface area contributed by atoms with Crippen molar-refractivity contribution < 1.29 is 33.9 Å². The molecule has 0 spiro atoms. The highest BCUT2D eigenvalue weighted by molar-refractivity contribution is 8.01. The number of methoxy groups -OCH3 is 1. The van der Waals surface area contributed by atoms with Crippen LogP contribution >= 0.6 is 11.8 Å². The van der Waals surface area contributed by atoms with Crippen LogP contribution in [0.1, 0.15) is 50.5 Å². The molecule has 0 saturated heterocycles. The second-order valence-electron chi connectivity index (χ2n) is 6.56. The average Bonchev–Trinajstić information content (AvgIpc) is 2.98. The Bertz CT molecular complexity index is 1030. The molecule has 3 rings (SSSR count). The van der Waals surface area contributed by atoms with Crippen LogP contribution in [-0.4, -0.2) is 46.0 Å². The topological polar surface area (TPSA) is 110 Å². The smallest absolute Gasteiger partial charge is 0.349 e. The number of carboxylic acids is 1. The molecular formula is C21H19NO7S. The number of rotatable bonds is 7. The van der Waals surface area contributed by atoms with Gasteiger partial charge in [0.2, 0.25) is 4.93 Å². The molecule has 1 unspecified atom stereocenters. The first-order valence-corrected chi connectivity index (χ1v) is 9.84. The van der Waals surface area contributed by atoms with E-state index in [4.69, 9.17) is 4.84 Å². The van der Waals surface area contributed by atoms with Crippen molar-refractivity contribution in [3.05, 3.63) is 64.7 Å². The van der Waals surface area contributed by atoms with E-state index in [9.17, 15) is 24.3 Å². The van der Waals surface area contributed by atoms with Crippen molar-refractivity contribution >= 4 is 35.5 Å². The monoisotopic (exact) mass is 429 g/mol. The summed E-state index contributed by atoms with van der Waals surface area (Å²) < 4.78 is 4.63. The Morgan fingerprint density at radius 2 is 1.77 bits per heavy atom. The number of esters is 1. The fourth-order valence-corrected chi connectivity index (χ4v) is 3.91. The van der Waals surface area contributed by atoms with Gasteiger partial charge >= 0.3 is 11.9 Å². The number of hydrogen-bond donors (Lipinski definition) is 1. The fourth-order valence-electron chi connectivity index (χ4n) is 2.99. The number of carboxylic acid groups (broad SMARTS) is 1. The van der Waals surface area contributed by atoms with E-state index in [0.717, 1.165) is 11.8 Å². The van der Waals surface area contributed by atoms with Gasteiger partial charge in [-0.15, -0.1) is 5.06 Å². The van der Waals surface area contributed by atoms with Crippen LogP contribution in [0.5, 0.6) is 0 Å². The first-order valence-electron chi connectivity index (χ1n) is 9.02. The van der Waals surface area contributed by atoms with Crippen molar-refractivity contribution in [1.29, 1.82) is 0 Å². The zero-order valence-corrected chi connectivity index (χ0v) is 17.3. The Morgan fingerprint density at radius 3 is 2.33 bits per heavy atom. The standard InChI is InChI=1S/C21H19NO7S/c1-4-12-6-5-7-15-16(12)18(24)22(17(15)23)29-21(2,20(26)27)30-14-10-8-13(9-11-14)19(25)28-3/h5-11H,4H2,1-3H3,(H,26,27). The molecule has 0 bridgehead atoms. The summed E-state index contributed by atoms with van der Waals surface area (Å²) >= 11 is 0.787. The predicted octanol–water partition coefficient (Wildman–Crippen LogP) is 3.16. The van der Waals surface area contributed by atoms with Gasteiger partial charge in [0.1, 0.15) is 0 Å². The molecule has 0 radical (unpaired) electrons. The molecule has 8 nitrogen and oxygen atoms in total. The van der Waals surface area contributed by atoms with Gasteiger partial charge < -0.3 is 9.84 Å². The van der Waals surface area contributed by atoms with Crippen LogP contribution in [0.3, 0.4) is 0 Å². The zero-order chi connectivity index (χ0) is 22.1. The summed E-state index contributed by atoms with van der Waals surface area (Å²) in [6, 6.07) is 10.9. The number of benzene rings is 2. The lowest BCUT2D eigenvalue weighted by Gasteiger charge is -2.27. The van der Waals surface area contributed by atoms with Gasteiger partial charge in [-0.3, -0.25) is 9.59 Å². The van der Waals surface area contributed by atoms with Gasteiger partial charge in [0.15, 0.2) is 0 Å². The van der Waals surface area contributed by atoms with Crippen molar-refractivity contribution in [2.24, 2.45) is 0 Å². The predicted molar refractivity (Wildman–Crippen MR) is 107 cm³/mol. The molecule has 0 aliphatic carbocycles. The van der Waals surface area contributed by atoms with Crippen LogP contribution in [0.2, 0.25) is 0 Å². The van der Waals surface area contributed by atoms with Gasteiger partial charge in [-0.05, 0) is 49.2 Å². The Labute approximate surface area is 176 Å². The van der Waals surface area contributed by atoms with E-state index in [1.165, 1.54) is 44.4 Å². The number of fused-ring (bicyclic) bond motifs is 1. The van der Waals surface area contributed by atoms with Gasteiger partial charge in [0, 0.05) is 4.90 Å². The van der Waals surface area contributed by atoms with Crippen molar-refractivity contribution in [3.8, 4) is 0 Å². The normalized spacial score (nSPS) is 15.0. The lowest BCUT2D eigenvalue weighted by Crippen LogP contribution is -2.44. The number of ether oxygens (including phenoxy) is 1. The molecule has 1 N–H and O–H groups in total. The van der Waals surface area contributed by atoms with Gasteiger partial charge in [-0.1, -0.05) is 30.8 Å². The van der Waals surface area contributed by atoms with Crippen molar-refractivity contribution in [2.45, 2.75) is 30.1 Å². The van der Waals surface area contributed by atoms with Crippen LogP contribution < -0.4 is 0 Å². The van der Waals surface area contributed by atoms with E-state index in [1.807, 2.05) is 6.92 Å². The van der Waals surface area contributed by atoms with Crippen molar-refractivity contribution in [1.82, 2.24) is 5.06 Å². The maximum Gasteiger partial charge on any atom is 0.349 e. The Morgan fingerprint density at radius 1 is 1.10 bits per heavy atom. The zero-order valence-electron chi connectivity index (χ0n) is 16.5. The number of aliphatic carboxylic acids is 1. The number of nitrogens with zero attached hydrogens (tertiary/aromatic N) is 1. The number of imide groups is 1. The quantitative estimate of drug-likeness (QED) is 0.309. The minimum Gasteiger partial charge on any atom is -0.478 e.